The molecule has 0 saturated heterocycles. The molecule has 0 aliphatic heterocycles. The summed E-state index contributed by atoms with van der Waals surface area (Å²) in [5.74, 6) is -0.0209. The van der Waals surface area contributed by atoms with E-state index < -0.39 is 0 Å². The van der Waals surface area contributed by atoms with Gasteiger partial charge in [-0.05, 0) is 24.1 Å². The highest BCUT2D eigenvalue weighted by atomic mass is 16.2. The summed E-state index contributed by atoms with van der Waals surface area (Å²) in [7, 11) is 0. The minimum Gasteiger partial charge on any atom is -0.352 e. The number of rotatable bonds is 5. The second-order valence-corrected chi connectivity index (χ2v) is 3.90. The largest absolute Gasteiger partial charge is 0.352 e. The van der Waals surface area contributed by atoms with E-state index in [-0.39, 0.29) is 11.8 Å². The van der Waals surface area contributed by atoms with E-state index in [0.29, 0.717) is 13.0 Å². The molecule has 0 heterocycles. The fourth-order valence-corrected chi connectivity index (χ4v) is 1.43. The van der Waals surface area contributed by atoms with Crippen LogP contribution in [0.5, 0.6) is 0 Å². The molecule has 0 unspecified atom stereocenters. The SMILES string of the molecule is CCCC(=O)NCc1ccc(NC(C)=O)cc1. The molecule has 1 aromatic carbocycles. The minimum atomic E-state index is -0.0889. The van der Waals surface area contributed by atoms with E-state index in [0.717, 1.165) is 17.7 Å². The van der Waals surface area contributed by atoms with Crippen molar-refractivity contribution in [3.63, 3.8) is 0 Å². The normalized spacial score (nSPS) is 9.76. The fourth-order valence-electron chi connectivity index (χ4n) is 1.43. The quantitative estimate of drug-likeness (QED) is 0.819. The van der Waals surface area contributed by atoms with Crippen molar-refractivity contribution in [2.45, 2.75) is 33.2 Å². The molecule has 92 valence electrons. The number of hydrogen-bond donors (Lipinski definition) is 2. The maximum absolute atomic E-state index is 11.3. The van der Waals surface area contributed by atoms with Gasteiger partial charge in [-0.2, -0.15) is 0 Å². The predicted molar refractivity (Wildman–Crippen MR) is 67.5 cm³/mol. The molecular formula is C13H18N2O2. The Kier molecular flexibility index (Phi) is 5.20. The zero-order valence-electron chi connectivity index (χ0n) is 10.2. The third-order valence-electron chi connectivity index (χ3n) is 2.24. The third-order valence-corrected chi connectivity index (χ3v) is 2.24. The molecule has 0 aromatic heterocycles. The summed E-state index contributed by atoms with van der Waals surface area (Å²) in [6, 6.07) is 7.42. The van der Waals surface area contributed by atoms with Crippen LogP contribution in [0, 0.1) is 0 Å². The van der Waals surface area contributed by atoms with E-state index in [1.54, 1.807) is 0 Å². The van der Waals surface area contributed by atoms with E-state index >= 15 is 0 Å². The van der Waals surface area contributed by atoms with Crippen molar-refractivity contribution >= 4 is 17.5 Å². The molecule has 4 nitrogen and oxygen atoms in total. The Morgan fingerprint density at radius 1 is 1.18 bits per heavy atom. The highest BCUT2D eigenvalue weighted by molar-refractivity contribution is 5.88. The summed E-state index contributed by atoms with van der Waals surface area (Å²) in [5, 5.41) is 5.52. The third kappa shape index (κ3) is 5.15. The molecule has 0 spiro atoms. The highest BCUT2D eigenvalue weighted by Crippen LogP contribution is 2.09. The van der Waals surface area contributed by atoms with E-state index in [2.05, 4.69) is 10.6 Å². The predicted octanol–water partition coefficient (Wildman–Crippen LogP) is 2.06. The molecule has 1 rings (SSSR count). The van der Waals surface area contributed by atoms with Gasteiger partial charge in [0.15, 0.2) is 0 Å². The van der Waals surface area contributed by atoms with Gasteiger partial charge in [-0.3, -0.25) is 9.59 Å². The van der Waals surface area contributed by atoms with Gasteiger partial charge < -0.3 is 10.6 Å². The summed E-state index contributed by atoms with van der Waals surface area (Å²) < 4.78 is 0. The molecule has 0 aliphatic rings. The Hall–Kier alpha value is -1.84. The highest BCUT2D eigenvalue weighted by Gasteiger charge is 2.00. The van der Waals surface area contributed by atoms with Crippen molar-refractivity contribution in [2.75, 3.05) is 5.32 Å². The average Bonchev–Trinajstić information content (AvgIpc) is 2.28. The molecule has 0 radical (unpaired) electrons. The first kappa shape index (κ1) is 13.2. The lowest BCUT2D eigenvalue weighted by molar-refractivity contribution is -0.121. The van der Waals surface area contributed by atoms with E-state index in [9.17, 15) is 9.59 Å². The van der Waals surface area contributed by atoms with Gasteiger partial charge in [-0.15, -0.1) is 0 Å². The zero-order chi connectivity index (χ0) is 12.7. The Bertz CT molecular complexity index is 385. The van der Waals surface area contributed by atoms with Gasteiger partial charge in [-0.25, -0.2) is 0 Å². The summed E-state index contributed by atoms with van der Waals surface area (Å²) in [6.07, 6.45) is 1.41. The molecule has 17 heavy (non-hydrogen) atoms. The molecule has 0 bridgehead atoms. The molecule has 2 amide bonds. The summed E-state index contributed by atoms with van der Waals surface area (Å²) >= 11 is 0. The topological polar surface area (TPSA) is 58.2 Å². The van der Waals surface area contributed by atoms with Crippen molar-refractivity contribution in [3.8, 4) is 0 Å². The van der Waals surface area contributed by atoms with Crippen molar-refractivity contribution in [1.82, 2.24) is 5.32 Å². The molecule has 4 heteroatoms. The van der Waals surface area contributed by atoms with Gasteiger partial charge in [0.1, 0.15) is 0 Å². The lowest BCUT2D eigenvalue weighted by Gasteiger charge is -2.06. The van der Waals surface area contributed by atoms with Gasteiger partial charge in [0.25, 0.3) is 0 Å². The number of nitrogens with one attached hydrogen (secondary N) is 2. The van der Waals surface area contributed by atoms with Crippen LogP contribution >= 0.6 is 0 Å². The number of benzene rings is 1. The second-order valence-electron chi connectivity index (χ2n) is 3.90. The number of amides is 2. The van der Waals surface area contributed by atoms with Gasteiger partial charge in [-0.1, -0.05) is 19.1 Å². The van der Waals surface area contributed by atoms with Gasteiger partial charge in [0.05, 0.1) is 0 Å². The van der Waals surface area contributed by atoms with E-state index in [4.69, 9.17) is 0 Å². The lowest BCUT2D eigenvalue weighted by Crippen LogP contribution is -2.22. The summed E-state index contributed by atoms with van der Waals surface area (Å²) in [4.78, 5) is 22.1. The molecule has 2 N–H and O–H groups in total. The minimum absolute atomic E-state index is 0.0680. The molecular weight excluding hydrogens is 216 g/mol. The molecule has 0 fully saturated rings. The van der Waals surface area contributed by atoms with Crippen molar-refractivity contribution in [3.05, 3.63) is 29.8 Å². The first-order valence-electron chi connectivity index (χ1n) is 5.75. The Morgan fingerprint density at radius 2 is 1.82 bits per heavy atom. The van der Waals surface area contributed by atoms with Gasteiger partial charge in [0.2, 0.25) is 11.8 Å². The fraction of sp³-hybridized carbons (Fsp3) is 0.385. The van der Waals surface area contributed by atoms with Crippen LogP contribution in [0.2, 0.25) is 0 Å². The Morgan fingerprint density at radius 3 is 2.35 bits per heavy atom. The van der Waals surface area contributed by atoms with E-state index in [1.807, 2.05) is 31.2 Å². The maximum atomic E-state index is 11.3. The monoisotopic (exact) mass is 234 g/mol. The Balaban J connectivity index is 2.45. The summed E-state index contributed by atoms with van der Waals surface area (Å²) in [6.45, 7) is 3.97. The second kappa shape index (κ2) is 6.68. The molecule has 0 atom stereocenters. The first-order valence-corrected chi connectivity index (χ1v) is 5.75. The van der Waals surface area contributed by atoms with Crippen molar-refractivity contribution in [1.29, 1.82) is 0 Å². The van der Waals surface area contributed by atoms with Gasteiger partial charge >= 0.3 is 0 Å². The number of carbonyl (C=O) groups is 2. The summed E-state index contributed by atoms with van der Waals surface area (Å²) in [5.41, 5.74) is 1.78. The standard InChI is InChI=1S/C13H18N2O2/c1-3-4-13(17)14-9-11-5-7-12(8-6-11)15-10(2)16/h5-8H,3-4,9H2,1-2H3,(H,14,17)(H,15,16). The maximum Gasteiger partial charge on any atom is 0.221 e. The number of hydrogen-bond acceptors (Lipinski definition) is 2. The molecule has 1 aromatic rings. The molecule has 0 aliphatic carbocycles. The Labute approximate surface area is 101 Å². The first-order chi connectivity index (χ1) is 8.11. The van der Waals surface area contributed by atoms with Crippen LogP contribution in [0.4, 0.5) is 5.69 Å². The van der Waals surface area contributed by atoms with E-state index in [1.165, 1.54) is 6.92 Å². The van der Waals surface area contributed by atoms with Gasteiger partial charge in [0, 0.05) is 25.6 Å². The van der Waals surface area contributed by atoms with Crippen molar-refractivity contribution < 1.29 is 9.59 Å². The van der Waals surface area contributed by atoms with Crippen LogP contribution in [0.15, 0.2) is 24.3 Å². The molecule has 0 saturated carbocycles. The number of anilines is 1. The lowest BCUT2D eigenvalue weighted by atomic mass is 10.2. The van der Waals surface area contributed by atoms with Crippen molar-refractivity contribution in [2.24, 2.45) is 0 Å². The van der Waals surface area contributed by atoms with Crippen LogP contribution in [0.25, 0.3) is 0 Å². The van der Waals surface area contributed by atoms with Crippen LogP contribution < -0.4 is 10.6 Å². The van der Waals surface area contributed by atoms with Crippen LogP contribution in [-0.2, 0) is 16.1 Å². The zero-order valence-corrected chi connectivity index (χ0v) is 10.2. The van der Waals surface area contributed by atoms with Crippen LogP contribution in [0.1, 0.15) is 32.3 Å². The number of carbonyl (C=O) groups excluding carboxylic acids is 2. The van der Waals surface area contributed by atoms with Crippen LogP contribution in [-0.4, -0.2) is 11.8 Å². The smallest absolute Gasteiger partial charge is 0.221 e. The van der Waals surface area contributed by atoms with Crippen LogP contribution in [0.3, 0.4) is 0 Å². The average molecular weight is 234 g/mol.